The minimum absolute atomic E-state index is 0.562. The Balaban J connectivity index is 0.00000121. The summed E-state index contributed by atoms with van der Waals surface area (Å²) in [6.07, 6.45) is 6.91. The molecule has 0 saturated heterocycles. The molecule has 0 spiro atoms. The van der Waals surface area contributed by atoms with Crippen LogP contribution >= 0.6 is 0 Å². The molecule has 1 atom stereocenters. The van der Waals surface area contributed by atoms with E-state index < -0.39 is 0 Å². The van der Waals surface area contributed by atoms with Gasteiger partial charge in [0.05, 0.1) is 5.56 Å². The third-order valence-electron chi connectivity index (χ3n) is 3.05. The Morgan fingerprint density at radius 1 is 1.35 bits per heavy atom. The van der Waals surface area contributed by atoms with Crippen LogP contribution in [0, 0.1) is 18.3 Å². The number of unbranched alkanes of at least 4 members (excludes halogenated alkanes) is 1. The van der Waals surface area contributed by atoms with Crippen molar-refractivity contribution in [2.45, 2.75) is 66.3 Å². The second kappa shape index (κ2) is 8.87. The molecule has 0 N–H and O–H groups in total. The molecular formula is C15H26N2. The van der Waals surface area contributed by atoms with Crippen LogP contribution in [0.25, 0.3) is 0 Å². The van der Waals surface area contributed by atoms with Gasteiger partial charge in [0.15, 0.2) is 0 Å². The highest BCUT2D eigenvalue weighted by Crippen LogP contribution is 2.23. The maximum absolute atomic E-state index is 8.90. The number of rotatable bonds is 5. The van der Waals surface area contributed by atoms with Crippen molar-refractivity contribution < 1.29 is 0 Å². The lowest BCUT2D eigenvalue weighted by molar-refractivity contribution is 0.431. The molecule has 0 aliphatic rings. The van der Waals surface area contributed by atoms with E-state index in [4.69, 9.17) is 5.26 Å². The van der Waals surface area contributed by atoms with Crippen LogP contribution in [0.1, 0.15) is 70.7 Å². The van der Waals surface area contributed by atoms with Gasteiger partial charge in [-0.25, -0.2) is 0 Å². The summed E-state index contributed by atoms with van der Waals surface area (Å²) >= 11 is 0. The zero-order valence-corrected chi connectivity index (χ0v) is 12.0. The van der Waals surface area contributed by atoms with Crippen molar-refractivity contribution >= 4 is 0 Å². The molecule has 1 aromatic rings. The molecule has 1 heterocycles. The van der Waals surface area contributed by atoms with Crippen molar-refractivity contribution in [2.75, 3.05) is 0 Å². The monoisotopic (exact) mass is 234 g/mol. The first-order chi connectivity index (χ1) is 8.24. The molecule has 2 nitrogen and oxygen atoms in total. The minimum Gasteiger partial charge on any atom is -0.347 e. The molecule has 0 bridgehead atoms. The van der Waals surface area contributed by atoms with Gasteiger partial charge < -0.3 is 4.57 Å². The van der Waals surface area contributed by atoms with Crippen LogP contribution in [0.3, 0.4) is 0 Å². The van der Waals surface area contributed by atoms with Gasteiger partial charge in [-0.05, 0) is 25.8 Å². The quantitative estimate of drug-likeness (QED) is 0.717. The van der Waals surface area contributed by atoms with Crippen molar-refractivity contribution in [3.8, 4) is 6.07 Å². The summed E-state index contributed by atoms with van der Waals surface area (Å²) in [4.78, 5) is 0. The Bertz CT molecular complexity index is 344. The van der Waals surface area contributed by atoms with Gasteiger partial charge in [-0.3, -0.25) is 0 Å². The molecule has 17 heavy (non-hydrogen) atoms. The number of nitriles is 1. The lowest BCUT2D eigenvalue weighted by Gasteiger charge is -2.18. The van der Waals surface area contributed by atoms with Crippen LogP contribution in [-0.4, -0.2) is 4.57 Å². The third-order valence-corrected chi connectivity index (χ3v) is 3.05. The molecule has 1 aromatic heterocycles. The van der Waals surface area contributed by atoms with Gasteiger partial charge in [0.25, 0.3) is 0 Å². The van der Waals surface area contributed by atoms with E-state index in [9.17, 15) is 0 Å². The number of hydrogen-bond donors (Lipinski definition) is 0. The minimum atomic E-state index is 0.562. The van der Waals surface area contributed by atoms with Gasteiger partial charge in [0.2, 0.25) is 0 Å². The average Bonchev–Trinajstić information content (AvgIpc) is 2.74. The summed E-state index contributed by atoms with van der Waals surface area (Å²) in [6, 6.07) is 4.71. The Kier molecular flexibility index (Phi) is 8.23. The summed E-state index contributed by atoms with van der Waals surface area (Å²) in [5.74, 6) is 0. The first-order valence-corrected chi connectivity index (χ1v) is 6.82. The van der Waals surface area contributed by atoms with Gasteiger partial charge in [-0.1, -0.05) is 40.5 Å². The topological polar surface area (TPSA) is 28.7 Å². The predicted molar refractivity (Wildman–Crippen MR) is 74.1 cm³/mol. The smallest absolute Gasteiger partial charge is 0.101 e. The van der Waals surface area contributed by atoms with Gasteiger partial charge in [-0.15, -0.1) is 0 Å². The molecule has 0 aliphatic heterocycles. The summed E-state index contributed by atoms with van der Waals surface area (Å²) in [6.45, 7) is 10.5. The summed E-state index contributed by atoms with van der Waals surface area (Å²) < 4.78 is 2.26. The van der Waals surface area contributed by atoms with Crippen LogP contribution in [0.4, 0.5) is 0 Å². The summed E-state index contributed by atoms with van der Waals surface area (Å²) in [7, 11) is 0. The van der Waals surface area contributed by atoms with E-state index in [0.29, 0.717) is 6.04 Å². The molecule has 0 amide bonds. The first-order valence-electron chi connectivity index (χ1n) is 6.82. The largest absolute Gasteiger partial charge is 0.347 e. The fourth-order valence-corrected chi connectivity index (χ4v) is 2.02. The van der Waals surface area contributed by atoms with Crippen molar-refractivity contribution in [3.63, 3.8) is 0 Å². The van der Waals surface area contributed by atoms with Crippen LogP contribution < -0.4 is 0 Å². The summed E-state index contributed by atoms with van der Waals surface area (Å²) in [5, 5.41) is 8.90. The number of aromatic nitrogens is 1. The van der Waals surface area contributed by atoms with Gasteiger partial charge in [-0.2, -0.15) is 5.26 Å². The fraction of sp³-hybridized carbons (Fsp3) is 0.667. The Morgan fingerprint density at radius 3 is 2.41 bits per heavy atom. The SMILES string of the molecule is CC.CCCCC(CC)n1ccc(C#N)c1C. The van der Waals surface area contributed by atoms with Crippen molar-refractivity contribution in [1.29, 1.82) is 5.26 Å². The third kappa shape index (κ3) is 4.26. The van der Waals surface area contributed by atoms with Crippen LogP contribution in [0.15, 0.2) is 12.3 Å². The molecular weight excluding hydrogens is 208 g/mol. The molecule has 96 valence electrons. The second-order valence-electron chi connectivity index (χ2n) is 4.04. The van der Waals surface area contributed by atoms with E-state index in [1.165, 1.54) is 19.3 Å². The fourth-order valence-electron chi connectivity index (χ4n) is 2.02. The molecule has 0 aromatic carbocycles. The van der Waals surface area contributed by atoms with E-state index in [1.807, 2.05) is 26.8 Å². The van der Waals surface area contributed by atoms with Crippen LogP contribution in [0.5, 0.6) is 0 Å². The maximum atomic E-state index is 8.90. The molecule has 0 fully saturated rings. The van der Waals surface area contributed by atoms with E-state index in [0.717, 1.165) is 17.7 Å². The predicted octanol–water partition coefficient (Wildman–Crippen LogP) is 4.84. The highest BCUT2D eigenvalue weighted by atomic mass is 15.0. The molecule has 1 unspecified atom stereocenters. The van der Waals surface area contributed by atoms with E-state index in [1.54, 1.807) is 0 Å². The normalized spacial score (nSPS) is 11.3. The average molecular weight is 234 g/mol. The molecule has 0 radical (unpaired) electrons. The second-order valence-corrected chi connectivity index (χ2v) is 4.04. The highest BCUT2D eigenvalue weighted by Gasteiger charge is 2.12. The summed E-state index contributed by atoms with van der Waals surface area (Å²) in [5.41, 5.74) is 1.92. The number of hydrogen-bond acceptors (Lipinski definition) is 1. The van der Waals surface area contributed by atoms with Crippen LogP contribution in [-0.2, 0) is 0 Å². The standard InChI is InChI=1S/C13H20N2.C2H6/c1-4-6-7-13(5-2)15-9-8-12(10-14)11(15)3;1-2/h8-9,13H,4-7H2,1-3H3;1-2H3. The lowest BCUT2D eigenvalue weighted by Crippen LogP contribution is -2.08. The van der Waals surface area contributed by atoms with E-state index in [2.05, 4.69) is 30.7 Å². The Hall–Kier alpha value is -1.23. The van der Waals surface area contributed by atoms with Gasteiger partial charge >= 0.3 is 0 Å². The van der Waals surface area contributed by atoms with Crippen molar-refractivity contribution in [2.24, 2.45) is 0 Å². The van der Waals surface area contributed by atoms with Crippen molar-refractivity contribution in [3.05, 3.63) is 23.5 Å². The molecule has 0 aliphatic carbocycles. The zero-order chi connectivity index (χ0) is 13.3. The first kappa shape index (κ1) is 15.8. The van der Waals surface area contributed by atoms with Gasteiger partial charge in [0.1, 0.15) is 6.07 Å². The highest BCUT2D eigenvalue weighted by molar-refractivity contribution is 5.33. The number of nitrogens with zero attached hydrogens (tertiary/aromatic N) is 2. The van der Waals surface area contributed by atoms with Crippen LogP contribution in [0.2, 0.25) is 0 Å². The zero-order valence-electron chi connectivity index (χ0n) is 12.0. The Labute approximate surface area is 106 Å². The molecule has 1 rings (SSSR count). The van der Waals surface area contributed by atoms with Gasteiger partial charge in [0, 0.05) is 17.9 Å². The molecule has 0 saturated carbocycles. The Morgan fingerprint density at radius 2 is 2.00 bits per heavy atom. The van der Waals surface area contributed by atoms with Crippen molar-refractivity contribution in [1.82, 2.24) is 4.57 Å². The lowest BCUT2D eigenvalue weighted by atomic mass is 10.1. The maximum Gasteiger partial charge on any atom is 0.101 e. The van der Waals surface area contributed by atoms with E-state index in [-0.39, 0.29) is 0 Å². The van der Waals surface area contributed by atoms with E-state index >= 15 is 0 Å². The molecule has 2 heteroatoms.